The molecule has 23 heavy (non-hydrogen) atoms. The summed E-state index contributed by atoms with van der Waals surface area (Å²) in [5, 5.41) is 7.40. The number of nitrogens with zero attached hydrogens (tertiary/aromatic N) is 1. The summed E-state index contributed by atoms with van der Waals surface area (Å²) in [6.45, 7) is 0. The predicted molar refractivity (Wildman–Crippen MR) is 93.5 cm³/mol. The normalized spacial score (nSPS) is 25.7. The first-order valence-electron chi connectivity index (χ1n) is 7.63. The molecule has 0 spiro atoms. The fraction of sp³-hybridized carbons (Fsp3) is 0.375. The molecule has 2 aliphatic heterocycles. The summed E-state index contributed by atoms with van der Waals surface area (Å²) >= 11 is 8.86. The lowest BCUT2D eigenvalue weighted by Crippen LogP contribution is -2.42. The van der Waals surface area contributed by atoms with Crippen molar-refractivity contribution in [1.82, 2.24) is 15.6 Å². The molecule has 1 amide bonds. The van der Waals surface area contributed by atoms with Gasteiger partial charge in [-0.2, -0.15) is 0 Å². The van der Waals surface area contributed by atoms with Gasteiger partial charge >= 0.3 is 0 Å². The van der Waals surface area contributed by atoms with Crippen molar-refractivity contribution in [1.29, 1.82) is 0 Å². The Balaban J connectivity index is 1.39. The SMILES string of the molecule is O=C(NC1CC2CCC1N2)c1cnc(Sc2ccc(Cl)cc2)s1. The predicted octanol–water partition coefficient (Wildman–Crippen LogP) is 3.57. The summed E-state index contributed by atoms with van der Waals surface area (Å²) < 4.78 is 0.864. The number of fused-ring (bicyclic) bond motifs is 2. The van der Waals surface area contributed by atoms with Crippen LogP contribution in [0.15, 0.2) is 39.7 Å². The van der Waals surface area contributed by atoms with Crippen molar-refractivity contribution in [2.24, 2.45) is 0 Å². The number of benzene rings is 1. The minimum Gasteiger partial charge on any atom is -0.347 e. The fourth-order valence-corrected chi connectivity index (χ4v) is 5.22. The maximum atomic E-state index is 12.4. The van der Waals surface area contributed by atoms with Crippen LogP contribution < -0.4 is 10.6 Å². The van der Waals surface area contributed by atoms with Crippen molar-refractivity contribution in [3.8, 4) is 0 Å². The first-order chi connectivity index (χ1) is 11.2. The summed E-state index contributed by atoms with van der Waals surface area (Å²) in [5.74, 6) is -0.00944. The summed E-state index contributed by atoms with van der Waals surface area (Å²) in [4.78, 5) is 18.5. The first-order valence-corrected chi connectivity index (χ1v) is 9.64. The smallest absolute Gasteiger partial charge is 0.263 e. The van der Waals surface area contributed by atoms with Crippen molar-refractivity contribution in [2.45, 2.75) is 46.6 Å². The van der Waals surface area contributed by atoms with E-state index in [9.17, 15) is 4.79 Å². The molecular formula is C16H16ClN3OS2. The number of carbonyl (C=O) groups is 1. The van der Waals surface area contributed by atoms with E-state index in [0.29, 0.717) is 22.0 Å². The van der Waals surface area contributed by atoms with E-state index in [4.69, 9.17) is 11.6 Å². The van der Waals surface area contributed by atoms with Crippen molar-refractivity contribution in [3.63, 3.8) is 0 Å². The van der Waals surface area contributed by atoms with Crippen LogP contribution >= 0.6 is 34.7 Å². The molecule has 0 aliphatic carbocycles. The van der Waals surface area contributed by atoms with Gasteiger partial charge in [0.05, 0.1) is 6.20 Å². The molecule has 3 atom stereocenters. The summed E-state index contributed by atoms with van der Waals surface area (Å²) in [6, 6.07) is 8.91. The van der Waals surface area contributed by atoms with Crippen LogP contribution in [0.25, 0.3) is 0 Å². The van der Waals surface area contributed by atoms with Crippen LogP contribution in [0.2, 0.25) is 5.02 Å². The zero-order valence-corrected chi connectivity index (χ0v) is 14.7. The van der Waals surface area contributed by atoms with Crippen LogP contribution in [-0.4, -0.2) is 29.0 Å². The fourth-order valence-electron chi connectivity index (χ4n) is 3.24. The van der Waals surface area contributed by atoms with Gasteiger partial charge in [-0.1, -0.05) is 23.4 Å². The minimum atomic E-state index is -0.00944. The van der Waals surface area contributed by atoms with Crippen LogP contribution in [-0.2, 0) is 0 Å². The van der Waals surface area contributed by atoms with Gasteiger partial charge in [-0.05, 0) is 43.5 Å². The average molecular weight is 366 g/mol. The van der Waals surface area contributed by atoms with E-state index in [1.165, 1.54) is 17.8 Å². The number of rotatable bonds is 4. The van der Waals surface area contributed by atoms with Gasteiger partial charge in [0.25, 0.3) is 5.91 Å². The van der Waals surface area contributed by atoms with Gasteiger partial charge in [0.2, 0.25) is 0 Å². The number of amides is 1. The van der Waals surface area contributed by atoms with Gasteiger partial charge in [-0.3, -0.25) is 4.79 Å². The van der Waals surface area contributed by atoms with Gasteiger partial charge in [-0.15, -0.1) is 11.3 Å². The number of halogens is 1. The number of aromatic nitrogens is 1. The van der Waals surface area contributed by atoms with Gasteiger partial charge in [0.15, 0.2) is 4.34 Å². The highest BCUT2D eigenvalue weighted by Gasteiger charge is 2.39. The third-order valence-electron chi connectivity index (χ3n) is 4.34. The summed E-state index contributed by atoms with van der Waals surface area (Å²) in [7, 11) is 0. The molecule has 4 rings (SSSR count). The second-order valence-corrected chi connectivity index (χ2v) is 8.70. The molecule has 7 heteroatoms. The number of nitrogens with one attached hydrogen (secondary N) is 2. The maximum absolute atomic E-state index is 12.4. The molecule has 2 aromatic rings. The standard InChI is InChI=1S/C16H16ClN3OS2/c17-9-1-4-11(5-2-9)22-16-18-8-14(23-16)15(21)20-13-7-10-3-6-12(13)19-10/h1-2,4-5,8,10,12-13,19H,3,6-7H2,(H,20,21). The van der Waals surface area contributed by atoms with Crippen molar-refractivity contribution >= 4 is 40.6 Å². The van der Waals surface area contributed by atoms with E-state index >= 15 is 0 Å². The minimum absolute atomic E-state index is 0.00944. The summed E-state index contributed by atoms with van der Waals surface area (Å²) in [6.07, 6.45) is 5.11. The van der Waals surface area contributed by atoms with E-state index in [2.05, 4.69) is 15.6 Å². The monoisotopic (exact) mass is 365 g/mol. The van der Waals surface area contributed by atoms with Gasteiger partial charge in [-0.25, -0.2) is 4.98 Å². The van der Waals surface area contributed by atoms with Crippen molar-refractivity contribution < 1.29 is 4.79 Å². The molecule has 0 saturated carbocycles. The third-order valence-corrected chi connectivity index (χ3v) is 6.67. The van der Waals surface area contributed by atoms with E-state index in [0.717, 1.165) is 22.1 Å². The van der Waals surface area contributed by atoms with Gasteiger partial charge < -0.3 is 10.6 Å². The largest absolute Gasteiger partial charge is 0.347 e. The van der Waals surface area contributed by atoms with E-state index < -0.39 is 0 Å². The number of thiazole rings is 1. The lowest BCUT2D eigenvalue weighted by molar-refractivity contribution is 0.0935. The topological polar surface area (TPSA) is 54.0 Å². The molecule has 3 unspecified atom stereocenters. The maximum Gasteiger partial charge on any atom is 0.263 e. The molecule has 0 radical (unpaired) electrons. The Labute approximate surface area is 148 Å². The molecule has 4 nitrogen and oxygen atoms in total. The lowest BCUT2D eigenvalue weighted by atomic mass is 9.95. The van der Waals surface area contributed by atoms with Crippen LogP contribution in [0.1, 0.15) is 28.9 Å². The lowest BCUT2D eigenvalue weighted by Gasteiger charge is -2.20. The number of hydrogen-bond donors (Lipinski definition) is 2. The zero-order valence-electron chi connectivity index (χ0n) is 12.3. The first kappa shape index (κ1) is 15.4. The Hall–Kier alpha value is -1.08. The van der Waals surface area contributed by atoms with Gasteiger partial charge in [0.1, 0.15) is 4.88 Å². The van der Waals surface area contributed by atoms with Crippen LogP contribution in [0.3, 0.4) is 0 Å². The molecule has 120 valence electrons. The second-order valence-electron chi connectivity index (χ2n) is 5.91. The third kappa shape index (κ3) is 3.40. The summed E-state index contributed by atoms with van der Waals surface area (Å²) in [5.41, 5.74) is 0. The molecule has 2 aliphatic rings. The molecular weight excluding hydrogens is 350 g/mol. The number of hydrogen-bond acceptors (Lipinski definition) is 5. The molecule has 1 aromatic heterocycles. The van der Waals surface area contributed by atoms with Crippen molar-refractivity contribution in [3.05, 3.63) is 40.4 Å². The van der Waals surface area contributed by atoms with Gasteiger partial charge in [0, 0.05) is 28.0 Å². The Morgan fingerprint density at radius 3 is 2.87 bits per heavy atom. The Kier molecular flexibility index (Phi) is 4.32. The molecule has 2 saturated heterocycles. The highest BCUT2D eigenvalue weighted by Crippen LogP contribution is 2.32. The highest BCUT2D eigenvalue weighted by molar-refractivity contribution is 8.01. The van der Waals surface area contributed by atoms with E-state index in [1.54, 1.807) is 18.0 Å². The van der Waals surface area contributed by atoms with Crippen LogP contribution in [0, 0.1) is 0 Å². The average Bonchev–Trinajstić information content (AvgIpc) is 3.26. The molecule has 2 fully saturated rings. The van der Waals surface area contributed by atoms with Crippen molar-refractivity contribution in [2.75, 3.05) is 0 Å². The number of carbonyl (C=O) groups excluding carboxylic acids is 1. The highest BCUT2D eigenvalue weighted by atomic mass is 35.5. The Morgan fingerprint density at radius 1 is 1.35 bits per heavy atom. The Bertz CT molecular complexity index is 718. The van der Waals surface area contributed by atoms with Crippen LogP contribution in [0.4, 0.5) is 0 Å². The van der Waals surface area contributed by atoms with E-state index in [1.807, 2.05) is 24.3 Å². The quantitative estimate of drug-likeness (QED) is 0.869. The molecule has 2 bridgehead atoms. The second kappa shape index (κ2) is 6.43. The van der Waals surface area contributed by atoms with Crippen LogP contribution in [0.5, 0.6) is 0 Å². The zero-order chi connectivity index (χ0) is 15.8. The molecule has 2 N–H and O–H groups in total. The Morgan fingerprint density at radius 2 is 2.17 bits per heavy atom. The van der Waals surface area contributed by atoms with E-state index in [-0.39, 0.29) is 11.9 Å². The molecule has 3 heterocycles. The molecule has 1 aromatic carbocycles.